The second kappa shape index (κ2) is 3.72. The molecule has 0 atom stereocenters. The topological polar surface area (TPSA) is 56.3 Å². The molecule has 0 radical (unpaired) electrons. The molecular formula is C10H2N4. The van der Waals surface area contributed by atoms with Crippen LogP contribution in [0.15, 0.2) is 12.1 Å². The van der Waals surface area contributed by atoms with Crippen molar-refractivity contribution in [1.29, 1.82) is 10.5 Å². The van der Waals surface area contributed by atoms with Crippen molar-refractivity contribution in [2.24, 2.45) is 0 Å². The van der Waals surface area contributed by atoms with Crippen LogP contribution in [-0.4, -0.2) is 0 Å². The molecule has 1 rings (SSSR count). The Labute approximate surface area is 83.7 Å². The predicted octanol–water partition coefficient (Wildman–Crippen LogP) is 2.53. The van der Waals surface area contributed by atoms with Gasteiger partial charge >= 0.3 is 0 Å². The normalized spacial score (nSPS) is 9.71. The summed E-state index contributed by atoms with van der Waals surface area (Å²) < 4.78 is 15.0. The zero-order valence-electron chi connectivity index (χ0n) is 8.79. The van der Waals surface area contributed by atoms with Crippen molar-refractivity contribution in [2.45, 2.75) is 0 Å². The van der Waals surface area contributed by atoms with Crippen LogP contribution in [0.4, 0.5) is 11.4 Å². The highest BCUT2D eigenvalue weighted by Gasteiger charge is 2.08. The summed E-state index contributed by atoms with van der Waals surface area (Å²) in [6, 6.07) is 2.29. The minimum absolute atomic E-state index is 0.330. The predicted molar refractivity (Wildman–Crippen MR) is 48.4 cm³/mol. The van der Waals surface area contributed by atoms with Crippen LogP contribution < -0.4 is 0 Å². The fraction of sp³-hybridized carbons (Fsp3) is 0. The average molecular weight is 180 g/mol. The molecule has 1 aromatic rings. The van der Waals surface area contributed by atoms with E-state index in [4.69, 9.17) is 26.4 Å². The van der Waals surface area contributed by atoms with E-state index in [1.165, 1.54) is 0 Å². The quantitative estimate of drug-likeness (QED) is 0.576. The van der Waals surface area contributed by atoms with Crippen LogP contribution >= 0.6 is 0 Å². The minimum Gasteiger partial charge on any atom is -0.238 e. The van der Waals surface area contributed by atoms with Crippen LogP contribution in [0.25, 0.3) is 9.69 Å². The van der Waals surface area contributed by atoms with Crippen LogP contribution in [0.3, 0.4) is 0 Å². The summed E-state index contributed by atoms with van der Waals surface area (Å²) in [5, 5.41) is 17.5. The third-order valence-corrected chi connectivity index (χ3v) is 1.41. The van der Waals surface area contributed by atoms with E-state index in [-0.39, 0.29) is 22.5 Å². The second-order valence-electron chi connectivity index (χ2n) is 2.14. The minimum atomic E-state index is -0.464. The molecule has 4 heteroatoms. The van der Waals surface area contributed by atoms with Crippen LogP contribution in [0.5, 0.6) is 0 Å². The first-order valence-electron chi connectivity index (χ1n) is 4.34. The van der Waals surface area contributed by atoms with E-state index >= 15 is 0 Å². The van der Waals surface area contributed by atoms with Gasteiger partial charge in [-0.1, -0.05) is 0 Å². The molecule has 0 amide bonds. The zero-order chi connectivity index (χ0) is 12.3. The van der Waals surface area contributed by atoms with Crippen molar-refractivity contribution in [1.82, 2.24) is 0 Å². The fourth-order valence-corrected chi connectivity index (χ4v) is 0.810. The Balaban J connectivity index is 3.98. The molecule has 0 spiro atoms. The molecule has 0 heterocycles. The van der Waals surface area contributed by atoms with E-state index in [1.807, 2.05) is 0 Å². The van der Waals surface area contributed by atoms with E-state index < -0.39 is 12.1 Å². The maximum absolute atomic E-state index is 8.75. The summed E-state index contributed by atoms with van der Waals surface area (Å²) in [6.45, 7) is 13.6. The van der Waals surface area contributed by atoms with E-state index in [9.17, 15) is 0 Å². The standard InChI is InChI=1S/C10H2N4/c1-13-9-4-10(14-2)8(6-12)3-7(9)5-11/h3-4H/i3D,4D. The van der Waals surface area contributed by atoms with E-state index in [1.54, 1.807) is 12.1 Å². The number of nitrogens with zero attached hydrogens (tertiary/aromatic N) is 4. The van der Waals surface area contributed by atoms with Crippen molar-refractivity contribution in [3.8, 4) is 12.1 Å². The van der Waals surface area contributed by atoms with Gasteiger partial charge in [0, 0.05) is 1.37 Å². The van der Waals surface area contributed by atoms with Gasteiger partial charge in [-0.2, -0.15) is 10.5 Å². The maximum Gasteiger partial charge on any atom is 0.194 e. The van der Waals surface area contributed by atoms with Crippen LogP contribution in [-0.2, 0) is 0 Å². The van der Waals surface area contributed by atoms with Gasteiger partial charge in [-0.15, -0.1) is 0 Å². The maximum atomic E-state index is 8.75. The van der Waals surface area contributed by atoms with Crippen molar-refractivity contribution in [2.75, 3.05) is 0 Å². The lowest BCUT2D eigenvalue weighted by molar-refractivity contribution is 1.46. The summed E-state index contributed by atoms with van der Waals surface area (Å²) in [5.41, 5.74) is -1.36. The molecular weight excluding hydrogens is 176 g/mol. The molecule has 0 aliphatic carbocycles. The Kier molecular flexibility index (Phi) is 1.77. The van der Waals surface area contributed by atoms with Gasteiger partial charge < -0.3 is 0 Å². The first-order valence-corrected chi connectivity index (χ1v) is 3.34. The Morgan fingerprint density at radius 2 is 1.50 bits per heavy atom. The summed E-state index contributed by atoms with van der Waals surface area (Å²) in [7, 11) is 0. The number of nitriles is 2. The molecule has 0 aromatic heterocycles. The van der Waals surface area contributed by atoms with Gasteiger partial charge in [0.05, 0.1) is 37.8 Å². The average Bonchev–Trinajstić information content (AvgIpc) is 2.30. The first kappa shape index (κ1) is 6.67. The molecule has 0 saturated heterocycles. The third kappa shape index (κ3) is 1.37. The first-order chi connectivity index (χ1) is 7.62. The highest BCUT2D eigenvalue weighted by atomic mass is 14.7. The number of hydrogen-bond acceptors (Lipinski definition) is 2. The zero-order valence-corrected chi connectivity index (χ0v) is 6.79. The molecule has 0 saturated carbocycles. The SMILES string of the molecule is [2H]c1c(C#N)c([N+]#[C-])c([2H])c([N+]#[C-])c1C#N. The van der Waals surface area contributed by atoms with Crippen molar-refractivity contribution >= 4 is 11.4 Å². The Morgan fingerprint density at radius 3 is 1.79 bits per heavy atom. The Morgan fingerprint density at radius 1 is 1.07 bits per heavy atom. The van der Waals surface area contributed by atoms with Crippen LogP contribution in [0, 0.1) is 35.8 Å². The van der Waals surface area contributed by atoms with E-state index in [2.05, 4.69) is 9.69 Å². The van der Waals surface area contributed by atoms with Gasteiger partial charge in [0.2, 0.25) is 0 Å². The van der Waals surface area contributed by atoms with E-state index in [0.717, 1.165) is 0 Å². The molecule has 0 aliphatic heterocycles. The lowest BCUT2D eigenvalue weighted by Crippen LogP contribution is -1.80. The summed E-state index contributed by atoms with van der Waals surface area (Å²) in [4.78, 5) is 5.91. The molecule has 0 aliphatic rings. The summed E-state index contributed by atoms with van der Waals surface area (Å²) in [5.74, 6) is 0. The summed E-state index contributed by atoms with van der Waals surface area (Å²) >= 11 is 0. The van der Waals surface area contributed by atoms with Gasteiger partial charge in [0.15, 0.2) is 11.4 Å². The molecule has 0 fully saturated rings. The van der Waals surface area contributed by atoms with Gasteiger partial charge in [-0.3, -0.25) is 0 Å². The second-order valence-corrected chi connectivity index (χ2v) is 2.14. The largest absolute Gasteiger partial charge is 0.238 e. The molecule has 14 heavy (non-hydrogen) atoms. The number of benzene rings is 1. The fourth-order valence-electron chi connectivity index (χ4n) is 0.810. The highest BCUT2D eigenvalue weighted by Crippen LogP contribution is 2.28. The monoisotopic (exact) mass is 180 g/mol. The molecule has 4 nitrogen and oxygen atoms in total. The van der Waals surface area contributed by atoms with Gasteiger partial charge in [-0.05, 0) is 12.1 Å². The Hall–Kier alpha value is -2.82. The summed E-state index contributed by atoms with van der Waals surface area (Å²) in [6.07, 6.45) is 0. The lowest BCUT2D eigenvalue weighted by Gasteiger charge is -1.97. The molecule has 0 N–H and O–H groups in total. The third-order valence-electron chi connectivity index (χ3n) is 1.41. The van der Waals surface area contributed by atoms with Crippen molar-refractivity contribution in [3.63, 3.8) is 0 Å². The van der Waals surface area contributed by atoms with E-state index in [0.29, 0.717) is 0 Å². The molecule has 0 unspecified atom stereocenters. The molecule has 1 aromatic carbocycles. The van der Waals surface area contributed by atoms with Gasteiger partial charge in [0.25, 0.3) is 0 Å². The highest BCUT2D eigenvalue weighted by molar-refractivity contribution is 5.72. The molecule has 0 bridgehead atoms. The van der Waals surface area contributed by atoms with Crippen molar-refractivity contribution < 1.29 is 2.74 Å². The van der Waals surface area contributed by atoms with Crippen molar-refractivity contribution in [3.05, 3.63) is 46.0 Å². The Bertz CT molecular complexity index is 525. The lowest BCUT2D eigenvalue weighted by atomic mass is 10.1. The van der Waals surface area contributed by atoms with Gasteiger partial charge in [-0.25, -0.2) is 9.69 Å². The molecule has 62 valence electrons. The number of rotatable bonds is 0. The van der Waals surface area contributed by atoms with Crippen LogP contribution in [0.1, 0.15) is 13.9 Å². The number of hydrogen-bond donors (Lipinski definition) is 0. The van der Waals surface area contributed by atoms with Crippen LogP contribution in [0.2, 0.25) is 0 Å². The van der Waals surface area contributed by atoms with Gasteiger partial charge in [0.1, 0.15) is 0 Å². The smallest absolute Gasteiger partial charge is 0.194 e.